The molecule has 0 unspecified atom stereocenters. The Morgan fingerprint density at radius 3 is 2.65 bits per heavy atom. The van der Waals surface area contributed by atoms with E-state index < -0.39 is 0 Å². The van der Waals surface area contributed by atoms with Gasteiger partial charge in [0.15, 0.2) is 0 Å². The molecule has 102 valence electrons. The molecule has 0 amide bonds. The predicted molar refractivity (Wildman–Crippen MR) is 79.7 cm³/mol. The zero-order valence-corrected chi connectivity index (χ0v) is 11.2. The van der Waals surface area contributed by atoms with Crippen molar-refractivity contribution in [1.82, 2.24) is 15.3 Å². The average molecular weight is 267 g/mol. The number of hydrogen-bond donors (Lipinski definition) is 2. The number of H-pyrrole nitrogens is 1. The molecule has 0 fully saturated rings. The lowest BCUT2D eigenvalue weighted by Crippen LogP contribution is -2.21. The van der Waals surface area contributed by atoms with Gasteiger partial charge in [-0.25, -0.2) is 4.98 Å². The van der Waals surface area contributed by atoms with Crippen LogP contribution in [0.1, 0.15) is 5.82 Å². The van der Waals surface area contributed by atoms with Gasteiger partial charge >= 0.3 is 0 Å². The van der Waals surface area contributed by atoms with Gasteiger partial charge < -0.3 is 15.0 Å². The van der Waals surface area contributed by atoms with Crippen LogP contribution in [0.15, 0.2) is 54.6 Å². The first-order chi connectivity index (χ1) is 9.92. The molecule has 0 bridgehead atoms. The SMILES string of the molecule is c1ccc(OCCNCc2nc3ccccc3[nH]2)cc1. The van der Waals surface area contributed by atoms with E-state index in [1.165, 1.54) is 0 Å². The maximum atomic E-state index is 5.61. The number of rotatable bonds is 6. The summed E-state index contributed by atoms with van der Waals surface area (Å²) in [6.07, 6.45) is 0. The van der Waals surface area contributed by atoms with E-state index in [2.05, 4.69) is 15.3 Å². The number of hydrogen-bond acceptors (Lipinski definition) is 3. The molecular weight excluding hydrogens is 250 g/mol. The zero-order chi connectivity index (χ0) is 13.6. The normalized spacial score (nSPS) is 10.8. The lowest BCUT2D eigenvalue weighted by atomic mass is 10.3. The molecule has 2 aromatic carbocycles. The average Bonchev–Trinajstić information content (AvgIpc) is 2.90. The summed E-state index contributed by atoms with van der Waals surface area (Å²) in [5.74, 6) is 1.85. The lowest BCUT2D eigenvalue weighted by molar-refractivity contribution is 0.313. The van der Waals surface area contributed by atoms with Crippen LogP contribution in [-0.4, -0.2) is 23.1 Å². The Morgan fingerprint density at radius 2 is 1.80 bits per heavy atom. The Morgan fingerprint density at radius 1 is 1.00 bits per heavy atom. The smallest absolute Gasteiger partial charge is 0.121 e. The first-order valence-corrected chi connectivity index (χ1v) is 6.74. The van der Waals surface area contributed by atoms with Gasteiger partial charge in [-0.3, -0.25) is 0 Å². The van der Waals surface area contributed by atoms with E-state index in [1.54, 1.807) is 0 Å². The molecule has 0 spiro atoms. The van der Waals surface area contributed by atoms with Gasteiger partial charge in [-0.05, 0) is 24.3 Å². The Labute approximate surface area is 117 Å². The first kappa shape index (κ1) is 12.7. The van der Waals surface area contributed by atoms with Crippen LogP contribution in [0, 0.1) is 0 Å². The van der Waals surface area contributed by atoms with Gasteiger partial charge in [0.2, 0.25) is 0 Å². The number of nitrogens with zero attached hydrogens (tertiary/aromatic N) is 1. The summed E-state index contributed by atoms with van der Waals surface area (Å²) in [4.78, 5) is 7.80. The molecule has 2 N–H and O–H groups in total. The van der Waals surface area contributed by atoms with Crippen molar-refractivity contribution in [3.8, 4) is 5.75 Å². The summed E-state index contributed by atoms with van der Waals surface area (Å²) in [6.45, 7) is 2.14. The second-order valence-corrected chi connectivity index (χ2v) is 4.54. The summed E-state index contributed by atoms with van der Waals surface area (Å²) >= 11 is 0. The highest BCUT2D eigenvalue weighted by Crippen LogP contribution is 2.10. The van der Waals surface area contributed by atoms with Gasteiger partial charge in [-0.2, -0.15) is 0 Å². The van der Waals surface area contributed by atoms with Crippen molar-refractivity contribution in [2.24, 2.45) is 0 Å². The minimum absolute atomic E-state index is 0.643. The van der Waals surface area contributed by atoms with E-state index in [0.717, 1.165) is 29.2 Å². The first-order valence-electron chi connectivity index (χ1n) is 6.74. The highest BCUT2D eigenvalue weighted by atomic mass is 16.5. The fourth-order valence-corrected chi connectivity index (χ4v) is 2.05. The minimum atomic E-state index is 0.643. The summed E-state index contributed by atoms with van der Waals surface area (Å²) < 4.78 is 5.61. The van der Waals surface area contributed by atoms with E-state index in [9.17, 15) is 0 Å². The van der Waals surface area contributed by atoms with Crippen LogP contribution in [-0.2, 0) is 6.54 Å². The second kappa shape index (κ2) is 6.21. The number of ether oxygens (including phenoxy) is 1. The number of aromatic amines is 1. The van der Waals surface area contributed by atoms with Crippen LogP contribution in [0.5, 0.6) is 5.75 Å². The van der Waals surface area contributed by atoms with Gasteiger partial charge in [0.1, 0.15) is 18.2 Å². The number of para-hydroxylation sites is 3. The van der Waals surface area contributed by atoms with Crippen molar-refractivity contribution in [2.75, 3.05) is 13.2 Å². The van der Waals surface area contributed by atoms with Crippen molar-refractivity contribution in [3.05, 3.63) is 60.4 Å². The van der Waals surface area contributed by atoms with Gasteiger partial charge in [0.25, 0.3) is 0 Å². The van der Waals surface area contributed by atoms with Crippen LogP contribution >= 0.6 is 0 Å². The van der Waals surface area contributed by atoms with E-state index >= 15 is 0 Å². The molecule has 0 radical (unpaired) electrons. The third kappa shape index (κ3) is 3.16. The van der Waals surface area contributed by atoms with Crippen molar-refractivity contribution >= 4 is 11.0 Å². The molecule has 3 aromatic rings. The van der Waals surface area contributed by atoms with Crippen molar-refractivity contribution in [1.29, 1.82) is 0 Å². The van der Waals surface area contributed by atoms with E-state index in [0.29, 0.717) is 13.2 Å². The quantitative estimate of drug-likeness (QED) is 0.675. The lowest BCUT2D eigenvalue weighted by Gasteiger charge is -2.06. The summed E-state index contributed by atoms with van der Waals surface area (Å²) in [5, 5.41) is 3.31. The Balaban J connectivity index is 1.43. The van der Waals surface area contributed by atoms with Crippen molar-refractivity contribution in [2.45, 2.75) is 6.54 Å². The van der Waals surface area contributed by atoms with Gasteiger partial charge in [0, 0.05) is 6.54 Å². The van der Waals surface area contributed by atoms with Crippen molar-refractivity contribution < 1.29 is 4.74 Å². The molecule has 20 heavy (non-hydrogen) atoms. The Bertz CT molecular complexity index is 631. The third-order valence-electron chi connectivity index (χ3n) is 3.02. The van der Waals surface area contributed by atoms with Crippen LogP contribution in [0.4, 0.5) is 0 Å². The van der Waals surface area contributed by atoms with Crippen LogP contribution in [0.25, 0.3) is 11.0 Å². The van der Waals surface area contributed by atoms with E-state index in [1.807, 2.05) is 54.6 Å². The predicted octanol–water partition coefficient (Wildman–Crippen LogP) is 2.73. The Hall–Kier alpha value is -2.33. The second-order valence-electron chi connectivity index (χ2n) is 4.54. The fraction of sp³-hybridized carbons (Fsp3) is 0.188. The number of benzene rings is 2. The standard InChI is InChI=1S/C16H17N3O/c1-2-6-13(7-3-1)20-11-10-17-12-16-18-14-8-4-5-9-15(14)19-16/h1-9,17H,10-12H2,(H,18,19). The molecule has 0 saturated heterocycles. The van der Waals surface area contributed by atoms with Crippen LogP contribution < -0.4 is 10.1 Å². The number of fused-ring (bicyclic) bond motifs is 1. The van der Waals surface area contributed by atoms with Gasteiger partial charge in [0.05, 0.1) is 17.6 Å². The molecule has 0 saturated carbocycles. The third-order valence-corrected chi connectivity index (χ3v) is 3.02. The topological polar surface area (TPSA) is 49.9 Å². The zero-order valence-electron chi connectivity index (χ0n) is 11.2. The molecule has 1 aromatic heterocycles. The Kier molecular flexibility index (Phi) is 3.94. The molecule has 0 atom stereocenters. The maximum Gasteiger partial charge on any atom is 0.121 e. The molecule has 4 heteroatoms. The summed E-state index contributed by atoms with van der Waals surface area (Å²) in [5.41, 5.74) is 2.08. The molecule has 0 aliphatic carbocycles. The number of nitrogens with one attached hydrogen (secondary N) is 2. The van der Waals surface area contributed by atoms with E-state index in [4.69, 9.17) is 4.74 Å². The summed E-state index contributed by atoms with van der Waals surface area (Å²) in [7, 11) is 0. The highest BCUT2D eigenvalue weighted by molar-refractivity contribution is 5.74. The molecule has 0 aliphatic heterocycles. The van der Waals surface area contributed by atoms with Crippen LogP contribution in [0.3, 0.4) is 0 Å². The minimum Gasteiger partial charge on any atom is -0.492 e. The largest absolute Gasteiger partial charge is 0.492 e. The van der Waals surface area contributed by atoms with Gasteiger partial charge in [-0.1, -0.05) is 30.3 Å². The molecule has 1 heterocycles. The molecular formula is C16H17N3O. The van der Waals surface area contributed by atoms with Crippen LogP contribution in [0.2, 0.25) is 0 Å². The molecule has 3 rings (SSSR count). The monoisotopic (exact) mass is 267 g/mol. The van der Waals surface area contributed by atoms with Gasteiger partial charge in [-0.15, -0.1) is 0 Å². The summed E-state index contributed by atoms with van der Waals surface area (Å²) in [6, 6.07) is 17.9. The molecule has 4 nitrogen and oxygen atoms in total. The number of aromatic nitrogens is 2. The van der Waals surface area contributed by atoms with Crippen molar-refractivity contribution in [3.63, 3.8) is 0 Å². The fourth-order valence-electron chi connectivity index (χ4n) is 2.05. The number of imidazole rings is 1. The van der Waals surface area contributed by atoms with E-state index in [-0.39, 0.29) is 0 Å². The molecule has 0 aliphatic rings. The highest BCUT2D eigenvalue weighted by Gasteiger charge is 2.00. The maximum absolute atomic E-state index is 5.61.